The molecule has 7 heteroatoms. The van der Waals surface area contributed by atoms with Crippen molar-refractivity contribution in [2.75, 3.05) is 12.8 Å². The summed E-state index contributed by atoms with van der Waals surface area (Å²) in [6.07, 6.45) is -2.99. The highest BCUT2D eigenvalue weighted by Crippen LogP contribution is 2.24. The number of alkyl halides is 2. The fourth-order valence-corrected chi connectivity index (χ4v) is 1.31. The first-order valence-corrected chi connectivity index (χ1v) is 4.82. The lowest BCUT2D eigenvalue weighted by Gasteiger charge is -2.11. The maximum atomic E-state index is 12.6. The Morgan fingerprint density at radius 1 is 1.59 bits per heavy atom. The number of pyridine rings is 1. The zero-order valence-corrected chi connectivity index (χ0v) is 9.24. The van der Waals surface area contributed by atoms with E-state index in [1.807, 2.05) is 0 Å². The molecule has 0 aliphatic heterocycles. The van der Waals surface area contributed by atoms with Crippen LogP contribution < -0.4 is 11.5 Å². The third-order valence-corrected chi connectivity index (χ3v) is 2.23. The molecule has 1 rings (SSSR count). The Hall–Kier alpha value is -1.76. The molecule has 0 bridgehead atoms. The van der Waals surface area contributed by atoms with Gasteiger partial charge in [-0.05, 0) is 11.6 Å². The van der Waals surface area contributed by atoms with Crippen LogP contribution in [0.2, 0.25) is 0 Å². The summed E-state index contributed by atoms with van der Waals surface area (Å²) in [6, 6.07) is 1.14. The van der Waals surface area contributed by atoms with Crippen LogP contribution in [0.25, 0.3) is 0 Å². The molecule has 0 atom stereocenters. The second-order valence-corrected chi connectivity index (χ2v) is 3.32. The Morgan fingerprint density at radius 2 is 2.24 bits per heavy atom. The minimum absolute atomic E-state index is 0.00223. The van der Waals surface area contributed by atoms with Crippen molar-refractivity contribution in [1.29, 1.82) is 0 Å². The molecule has 5 nitrogen and oxygen atoms in total. The second kappa shape index (κ2) is 5.53. The number of esters is 1. The Morgan fingerprint density at radius 3 is 2.71 bits per heavy atom. The van der Waals surface area contributed by atoms with Crippen LogP contribution in [0.3, 0.4) is 0 Å². The molecule has 0 spiro atoms. The summed E-state index contributed by atoms with van der Waals surface area (Å²) >= 11 is 0. The number of anilines is 1. The number of hydrogen-bond donors (Lipinski definition) is 2. The molecule has 0 saturated carbocycles. The van der Waals surface area contributed by atoms with Gasteiger partial charge in [-0.2, -0.15) is 0 Å². The number of methoxy groups -OCH3 is 1. The molecule has 0 aliphatic rings. The van der Waals surface area contributed by atoms with E-state index in [1.54, 1.807) is 0 Å². The van der Waals surface area contributed by atoms with E-state index in [0.29, 0.717) is 5.56 Å². The summed E-state index contributed by atoms with van der Waals surface area (Å²) in [7, 11) is 1.19. The number of carbonyl (C=O) groups is 1. The molecule has 0 aliphatic carbocycles. The normalized spacial score (nSPS) is 10.6. The topological polar surface area (TPSA) is 91.2 Å². The summed E-state index contributed by atoms with van der Waals surface area (Å²) in [6.45, 7) is 0.00223. The van der Waals surface area contributed by atoms with E-state index in [-0.39, 0.29) is 24.3 Å². The van der Waals surface area contributed by atoms with Gasteiger partial charge in [-0.1, -0.05) is 0 Å². The number of ether oxygens (including phenoxy) is 1. The first kappa shape index (κ1) is 13.3. The molecule has 4 N–H and O–H groups in total. The van der Waals surface area contributed by atoms with Crippen LogP contribution in [0.15, 0.2) is 6.07 Å². The Labute approximate surface area is 96.8 Å². The standard InChI is InChI=1S/C10H13F2N3O2/c1-17-8(16)3-6-9(14)5(4-13)2-7(15-6)10(11)12/h2,10H,3-4,13-14H2,1H3. The number of aromatic nitrogens is 1. The predicted molar refractivity (Wildman–Crippen MR) is 57.2 cm³/mol. The van der Waals surface area contributed by atoms with Crippen LogP contribution in [0.4, 0.5) is 14.5 Å². The second-order valence-electron chi connectivity index (χ2n) is 3.32. The monoisotopic (exact) mass is 245 g/mol. The molecule has 1 heterocycles. The van der Waals surface area contributed by atoms with Gasteiger partial charge in [0, 0.05) is 6.54 Å². The van der Waals surface area contributed by atoms with Gasteiger partial charge in [-0.25, -0.2) is 13.8 Å². The molecule has 0 radical (unpaired) electrons. The maximum absolute atomic E-state index is 12.6. The first-order chi connectivity index (χ1) is 7.99. The molecular weight excluding hydrogens is 232 g/mol. The predicted octanol–water partition coefficient (Wildman–Crippen LogP) is 0.776. The summed E-state index contributed by atoms with van der Waals surface area (Å²) in [4.78, 5) is 14.7. The van der Waals surface area contributed by atoms with E-state index in [2.05, 4.69) is 9.72 Å². The number of rotatable bonds is 4. The Bertz CT molecular complexity index is 424. The Balaban J connectivity index is 3.17. The van der Waals surface area contributed by atoms with E-state index in [4.69, 9.17) is 11.5 Å². The third kappa shape index (κ3) is 3.10. The van der Waals surface area contributed by atoms with Crippen molar-refractivity contribution in [3.8, 4) is 0 Å². The van der Waals surface area contributed by atoms with Gasteiger partial charge in [0.05, 0.1) is 24.9 Å². The van der Waals surface area contributed by atoms with E-state index in [0.717, 1.165) is 6.07 Å². The molecule has 94 valence electrons. The van der Waals surface area contributed by atoms with Crippen LogP contribution >= 0.6 is 0 Å². The van der Waals surface area contributed by atoms with Crippen LogP contribution in [0, 0.1) is 0 Å². The zero-order valence-electron chi connectivity index (χ0n) is 9.24. The SMILES string of the molecule is COC(=O)Cc1nc(C(F)F)cc(CN)c1N. The lowest BCUT2D eigenvalue weighted by molar-refractivity contribution is -0.139. The first-order valence-electron chi connectivity index (χ1n) is 4.82. The maximum Gasteiger partial charge on any atom is 0.311 e. The molecule has 0 aromatic carbocycles. The van der Waals surface area contributed by atoms with E-state index >= 15 is 0 Å². The molecule has 0 saturated heterocycles. The molecule has 0 unspecified atom stereocenters. The van der Waals surface area contributed by atoms with E-state index in [9.17, 15) is 13.6 Å². The fraction of sp³-hybridized carbons (Fsp3) is 0.400. The fourth-order valence-electron chi connectivity index (χ4n) is 1.31. The van der Waals surface area contributed by atoms with Crippen molar-refractivity contribution in [3.05, 3.63) is 23.0 Å². The van der Waals surface area contributed by atoms with Crippen molar-refractivity contribution in [1.82, 2.24) is 4.98 Å². The van der Waals surface area contributed by atoms with Crippen molar-refractivity contribution in [2.24, 2.45) is 5.73 Å². The molecule has 1 aromatic rings. The molecule has 0 amide bonds. The highest BCUT2D eigenvalue weighted by molar-refractivity contribution is 5.74. The average Bonchev–Trinajstić information content (AvgIpc) is 2.31. The van der Waals surface area contributed by atoms with Crippen molar-refractivity contribution in [2.45, 2.75) is 19.4 Å². The van der Waals surface area contributed by atoms with Crippen molar-refractivity contribution in [3.63, 3.8) is 0 Å². The van der Waals surface area contributed by atoms with Gasteiger partial charge in [-0.15, -0.1) is 0 Å². The average molecular weight is 245 g/mol. The van der Waals surface area contributed by atoms with Crippen LogP contribution in [0.5, 0.6) is 0 Å². The van der Waals surface area contributed by atoms with Crippen LogP contribution in [0.1, 0.15) is 23.4 Å². The van der Waals surface area contributed by atoms with Gasteiger partial charge in [-0.3, -0.25) is 4.79 Å². The summed E-state index contributed by atoms with van der Waals surface area (Å²) < 4.78 is 29.5. The van der Waals surface area contributed by atoms with Gasteiger partial charge in [0.2, 0.25) is 0 Å². The lowest BCUT2D eigenvalue weighted by atomic mass is 10.1. The zero-order chi connectivity index (χ0) is 13.0. The number of halogens is 2. The van der Waals surface area contributed by atoms with Crippen molar-refractivity contribution < 1.29 is 18.3 Å². The molecule has 1 aromatic heterocycles. The summed E-state index contributed by atoms with van der Waals surface area (Å²) in [5.74, 6) is -0.599. The van der Waals surface area contributed by atoms with E-state index < -0.39 is 18.1 Å². The van der Waals surface area contributed by atoms with Crippen LogP contribution in [-0.2, 0) is 22.5 Å². The number of nitrogen functional groups attached to an aromatic ring is 1. The van der Waals surface area contributed by atoms with Gasteiger partial charge >= 0.3 is 5.97 Å². The van der Waals surface area contributed by atoms with Crippen LogP contribution in [-0.4, -0.2) is 18.1 Å². The summed E-state index contributed by atoms with van der Waals surface area (Å²) in [5, 5.41) is 0. The van der Waals surface area contributed by atoms with Crippen molar-refractivity contribution >= 4 is 11.7 Å². The highest BCUT2D eigenvalue weighted by atomic mass is 19.3. The van der Waals surface area contributed by atoms with Gasteiger partial charge in [0.15, 0.2) is 0 Å². The number of carbonyl (C=O) groups excluding carboxylic acids is 1. The lowest BCUT2D eigenvalue weighted by Crippen LogP contribution is -2.13. The number of hydrogen-bond acceptors (Lipinski definition) is 5. The minimum atomic E-state index is -2.74. The highest BCUT2D eigenvalue weighted by Gasteiger charge is 2.17. The quantitative estimate of drug-likeness (QED) is 0.765. The number of nitrogens with zero attached hydrogens (tertiary/aromatic N) is 1. The largest absolute Gasteiger partial charge is 0.469 e. The van der Waals surface area contributed by atoms with E-state index in [1.165, 1.54) is 7.11 Å². The van der Waals surface area contributed by atoms with Gasteiger partial charge in [0.1, 0.15) is 5.69 Å². The molecule has 17 heavy (non-hydrogen) atoms. The molecular formula is C10H13F2N3O2. The number of nitrogens with two attached hydrogens (primary N) is 2. The van der Waals surface area contributed by atoms with Gasteiger partial charge in [0.25, 0.3) is 6.43 Å². The smallest absolute Gasteiger partial charge is 0.311 e. The minimum Gasteiger partial charge on any atom is -0.469 e. The Kier molecular flexibility index (Phi) is 4.33. The third-order valence-electron chi connectivity index (χ3n) is 2.23. The molecule has 0 fully saturated rings. The summed E-state index contributed by atoms with van der Waals surface area (Å²) in [5.41, 5.74) is 11.2. The van der Waals surface area contributed by atoms with Gasteiger partial charge < -0.3 is 16.2 Å².